The number of hydrogen-bond acceptors (Lipinski definition) is 2. The van der Waals surface area contributed by atoms with E-state index in [9.17, 15) is 9.59 Å². The predicted octanol–water partition coefficient (Wildman–Crippen LogP) is 1.32. The van der Waals surface area contributed by atoms with Crippen LogP contribution in [0.25, 0.3) is 0 Å². The highest BCUT2D eigenvalue weighted by molar-refractivity contribution is 5.93. The van der Waals surface area contributed by atoms with Gasteiger partial charge in [-0.2, -0.15) is 0 Å². The van der Waals surface area contributed by atoms with Crippen molar-refractivity contribution in [2.45, 2.75) is 32.2 Å². The minimum Gasteiger partial charge on any atom is -0.481 e. The van der Waals surface area contributed by atoms with Crippen molar-refractivity contribution in [3.63, 3.8) is 0 Å². The van der Waals surface area contributed by atoms with Crippen molar-refractivity contribution in [3.05, 3.63) is 23.0 Å². The zero-order valence-electron chi connectivity index (χ0n) is 8.93. The molecule has 16 heavy (non-hydrogen) atoms. The molecule has 0 fully saturated rings. The standard InChI is InChI=1S/C11H13NO4/c1-2-6-5-12-4-3-7(10(13)14)9(12)8(6)11(15)16/h5,7H,2-4H2,1H3,(H,13,14)(H,15,16). The number of rotatable bonds is 3. The van der Waals surface area contributed by atoms with Gasteiger partial charge in [-0.25, -0.2) is 4.79 Å². The van der Waals surface area contributed by atoms with E-state index in [0.29, 0.717) is 30.6 Å². The van der Waals surface area contributed by atoms with Gasteiger partial charge in [-0.05, 0) is 18.4 Å². The Morgan fingerprint density at radius 2 is 2.19 bits per heavy atom. The van der Waals surface area contributed by atoms with Crippen LogP contribution in [0.5, 0.6) is 0 Å². The largest absolute Gasteiger partial charge is 0.481 e. The van der Waals surface area contributed by atoms with Crippen LogP contribution in [-0.4, -0.2) is 26.7 Å². The van der Waals surface area contributed by atoms with Gasteiger partial charge in [0.1, 0.15) is 0 Å². The molecule has 2 heterocycles. The third-order valence-corrected chi connectivity index (χ3v) is 3.08. The molecule has 0 aromatic carbocycles. The Balaban J connectivity index is 2.58. The van der Waals surface area contributed by atoms with E-state index in [1.807, 2.05) is 6.92 Å². The molecule has 0 saturated heterocycles. The van der Waals surface area contributed by atoms with E-state index in [4.69, 9.17) is 10.2 Å². The molecule has 2 N–H and O–H groups in total. The topological polar surface area (TPSA) is 79.5 Å². The van der Waals surface area contributed by atoms with E-state index in [2.05, 4.69) is 0 Å². The summed E-state index contributed by atoms with van der Waals surface area (Å²) in [5.74, 6) is -2.65. The van der Waals surface area contributed by atoms with Crippen LogP contribution in [0.3, 0.4) is 0 Å². The summed E-state index contributed by atoms with van der Waals surface area (Å²) in [6, 6.07) is 0. The van der Waals surface area contributed by atoms with E-state index < -0.39 is 17.9 Å². The predicted molar refractivity (Wildman–Crippen MR) is 55.8 cm³/mol. The normalized spacial score (nSPS) is 18.4. The summed E-state index contributed by atoms with van der Waals surface area (Å²) in [5.41, 5.74) is 1.36. The van der Waals surface area contributed by atoms with Crippen molar-refractivity contribution >= 4 is 11.9 Å². The summed E-state index contributed by atoms with van der Waals surface area (Å²) in [5, 5.41) is 18.2. The molecule has 0 bridgehead atoms. The third kappa shape index (κ3) is 1.39. The van der Waals surface area contributed by atoms with Crippen LogP contribution in [0, 0.1) is 0 Å². The number of nitrogens with zero attached hydrogens (tertiary/aromatic N) is 1. The number of aryl methyl sites for hydroxylation is 2. The van der Waals surface area contributed by atoms with Gasteiger partial charge in [0.2, 0.25) is 0 Å². The first kappa shape index (κ1) is 10.7. The number of aromatic nitrogens is 1. The molecule has 1 unspecified atom stereocenters. The fraction of sp³-hybridized carbons (Fsp3) is 0.455. The molecule has 5 heteroatoms. The van der Waals surface area contributed by atoms with Crippen LogP contribution < -0.4 is 0 Å². The van der Waals surface area contributed by atoms with Gasteiger partial charge in [0.25, 0.3) is 0 Å². The van der Waals surface area contributed by atoms with E-state index in [1.54, 1.807) is 10.8 Å². The first-order chi connectivity index (χ1) is 7.56. The first-order valence-corrected chi connectivity index (χ1v) is 5.24. The van der Waals surface area contributed by atoms with Crippen LogP contribution in [-0.2, 0) is 17.8 Å². The average Bonchev–Trinajstić information content (AvgIpc) is 2.72. The molecule has 0 saturated carbocycles. The first-order valence-electron chi connectivity index (χ1n) is 5.24. The molecule has 0 radical (unpaired) electrons. The number of carboxylic acid groups (broad SMARTS) is 2. The van der Waals surface area contributed by atoms with Crippen molar-refractivity contribution < 1.29 is 19.8 Å². The molecule has 1 aromatic rings. The zero-order valence-corrected chi connectivity index (χ0v) is 8.93. The number of carboxylic acids is 2. The zero-order chi connectivity index (χ0) is 11.9. The van der Waals surface area contributed by atoms with Gasteiger partial charge in [0.15, 0.2) is 0 Å². The molecule has 86 valence electrons. The Bertz CT molecular complexity index is 461. The van der Waals surface area contributed by atoms with Gasteiger partial charge >= 0.3 is 11.9 Å². The average molecular weight is 223 g/mol. The highest BCUT2D eigenvalue weighted by atomic mass is 16.4. The molecule has 2 rings (SSSR count). The third-order valence-electron chi connectivity index (χ3n) is 3.08. The lowest BCUT2D eigenvalue weighted by molar-refractivity contribution is -0.138. The molecular weight excluding hydrogens is 210 g/mol. The Morgan fingerprint density at radius 1 is 1.50 bits per heavy atom. The smallest absolute Gasteiger partial charge is 0.337 e. The number of carbonyl (C=O) groups is 2. The summed E-state index contributed by atoms with van der Waals surface area (Å²) in [4.78, 5) is 22.2. The van der Waals surface area contributed by atoms with E-state index >= 15 is 0 Å². The van der Waals surface area contributed by atoms with Crippen LogP contribution in [0.1, 0.15) is 40.9 Å². The number of hydrogen-bond donors (Lipinski definition) is 2. The minimum atomic E-state index is -1.03. The summed E-state index contributed by atoms with van der Waals surface area (Å²) in [7, 11) is 0. The molecular formula is C11H13NO4. The molecule has 0 amide bonds. The van der Waals surface area contributed by atoms with Gasteiger partial charge in [-0.1, -0.05) is 6.92 Å². The lowest BCUT2D eigenvalue weighted by Crippen LogP contribution is -2.12. The lowest BCUT2D eigenvalue weighted by atomic mass is 9.98. The molecule has 1 aliphatic rings. The quantitative estimate of drug-likeness (QED) is 0.809. The maximum atomic E-state index is 11.2. The van der Waals surface area contributed by atoms with Crippen molar-refractivity contribution in [2.24, 2.45) is 0 Å². The van der Waals surface area contributed by atoms with Crippen molar-refractivity contribution in [1.82, 2.24) is 4.57 Å². The van der Waals surface area contributed by atoms with E-state index in [-0.39, 0.29) is 5.56 Å². The lowest BCUT2D eigenvalue weighted by Gasteiger charge is -2.05. The van der Waals surface area contributed by atoms with Gasteiger partial charge in [0, 0.05) is 18.4 Å². The summed E-state index contributed by atoms with van der Waals surface area (Å²) >= 11 is 0. The fourth-order valence-corrected chi connectivity index (χ4v) is 2.35. The highest BCUT2D eigenvalue weighted by Crippen LogP contribution is 2.34. The van der Waals surface area contributed by atoms with Gasteiger partial charge in [-0.3, -0.25) is 4.79 Å². The van der Waals surface area contributed by atoms with Crippen LogP contribution in [0.4, 0.5) is 0 Å². The number of aromatic carboxylic acids is 1. The molecule has 1 aromatic heterocycles. The molecule has 0 spiro atoms. The van der Waals surface area contributed by atoms with Crippen LogP contribution >= 0.6 is 0 Å². The summed E-state index contributed by atoms with van der Waals surface area (Å²) in [6.45, 7) is 2.46. The minimum absolute atomic E-state index is 0.187. The summed E-state index contributed by atoms with van der Waals surface area (Å²) < 4.78 is 1.76. The monoisotopic (exact) mass is 223 g/mol. The Labute approximate surface area is 92.3 Å². The number of fused-ring (bicyclic) bond motifs is 1. The van der Waals surface area contributed by atoms with Gasteiger partial charge < -0.3 is 14.8 Å². The van der Waals surface area contributed by atoms with Crippen LogP contribution in [0.2, 0.25) is 0 Å². The SMILES string of the molecule is CCc1cn2c(c1C(=O)O)C(C(=O)O)CC2. The number of aliphatic carboxylic acids is 1. The molecule has 0 aliphatic carbocycles. The van der Waals surface area contributed by atoms with Crippen LogP contribution in [0.15, 0.2) is 6.20 Å². The Morgan fingerprint density at radius 3 is 2.69 bits per heavy atom. The second-order valence-corrected chi connectivity index (χ2v) is 3.95. The molecule has 1 atom stereocenters. The van der Waals surface area contributed by atoms with E-state index in [0.717, 1.165) is 0 Å². The fourth-order valence-electron chi connectivity index (χ4n) is 2.35. The Kier molecular flexibility index (Phi) is 2.46. The van der Waals surface area contributed by atoms with Gasteiger partial charge in [0.05, 0.1) is 11.5 Å². The Hall–Kier alpha value is -1.78. The maximum Gasteiger partial charge on any atom is 0.337 e. The maximum absolute atomic E-state index is 11.2. The van der Waals surface area contributed by atoms with Gasteiger partial charge in [-0.15, -0.1) is 0 Å². The van der Waals surface area contributed by atoms with Crippen molar-refractivity contribution in [3.8, 4) is 0 Å². The second-order valence-electron chi connectivity index (χ2n) is 3.95. The highest BCUT2D eigenvalue weighted by Gasteiger charge is 2.35. The van der Waals surface area contributed by atoms with E-state index in [1.165, 1.54) is 0 Å². The van der Waals surface area contributed by atoms with Crippen molar-refractivity contribution in [1.29, 1.82) is 0 Å². The van der Waals surface area contributed by atoms with Crippen molar-refractivity contribution in [2.75, 3.05) is 0 Å². The summed E-state index contributed by atoms with van der Waals surface area (Å²) in [6.07, 6.45) is 2.85. The molecule has 1 aliphatic heterocycles. The molecule has 5 nitrogen and oxygen atoms in total. The second kappa shape index (κ2) is 3.66.